The van der Waals surface area contributed by atoms with Crippen LogP contribution in [0, 0.1) is 0 Å². The summed E-state index contributed by atoms with van der Waals surface area (Å²) in [5.41, 5.74) is 1.33. The van der Waals surface area contributed by atoms with Crippen LogP contribution in [-0.2, 0) is 32.5 Å². The zero-order chi connectivity index (χ0) is 22.9. The molecule has 0 spiro atoms. The minimum atomic E-state index is -3.73. The molecule has 4 rings (SSSR count). The molecule has 32 heavy (non-hydrogen) atoms. The summed E-state index contributed by atoms with van der Waals surface area (Å²) in [4.78, 5) is 29.2. The highest BCUT2D eigenvalue weighted by Crippen LogP contribution is 2.38. The molecule has 1 fully saturated rings. The monoisotopic (exact) mass is 497 g/mol. The summed E-state index contributed by atoms with van der Waals surface area (Å²) in [6, 6.07) is 2.43. The van der Waals surface area contributed by atoms with Crippen molar-refractivity contribution in [3.63, 3.8) is 0 Å². The second kappa shape index (κ2) is 9.60. The average molecular weight is 498 g/mol. The van der Waals surface area contributed by atoms with Crippen molar-refractivity contribution in [1.29, 1.82) is 0 Å². The number of thiophene rings is 2. The number of rotatable bonds is 7. The molecule has 1 unspecified atom stereocenters. The van der Waals surface area contributed by atoms with E-state index in [1.165, 1.54) is 22.8 Å². The van der Waals surface area contributed by atoms with Gasteiger partial charge in [0, 0.05) is 24.5 Å². The molecule has 1 atom stereocenters. The standard InChI is InChI=1S/C21H27N3O5S3/c1-3-9-23-11-8-14-16(13-23)31-20(18(14)21(26)29-2)22-19(25)15-6-4-10-24(15)32(27,28)17-7-5-12-30-17/h5,7,12,15H,3-4,6,8-11,13H2,1-2H3,(H,22,25). The van der Waals surface area contributed by atoms with Gasteiger partial charge in [0.25, 0.3) is 10.0 Å². The fraction of sp³-hybridized carbons (Fsp3) is 0.524. The largest absolute Gasteiger partial charge is 0.465 e. The van der Waals surface area contributed by atoms with E-state index < -0.39 is 27.9 Å². The number of nitrogens with zero attached hydrogens (tertiary/aromatic N) is 2. The van der Waals surface area contributed by atoms with Crippen LogP contribution in [0.4, 0.5) is 5.00 Å². The molecule has 2 aliphatic heterocycles. The number of methoxy groups -OCH3 is 1. The first-order chi connectivity index (χ1) is 15.4. The van der Waals surface area contributed by atoms with E-state index >= 15 is 0 Å². The van der Waals surface area contributed by atoms with Crippen LogP contribution in [0.1, 0.15) is 47.0 Å². The Morgan fingerprint density at radius 2 is 2.12 bits per heavy atom. The Kier molecular flexibility index (Phi) is 7.01. The third kappa shape index (κ3) is 4.36. The van der Waals surface area contributed by atoms with Crippen molar-refractivity contribution in [1.82, 2.24) is 9.21 Å². The van der Waals surface area contributed by atoms with Gasteiger partial charge in [-0.25, -0.2) is 13.2 Å². The number of ether oxygens (including phenoxy) is 1. The normalized spacial score (nSPS) is 19.6. The van der Waals surface area contributed by atoms with Crippen molar-refractivity contribution in [3.05, 3.63) is 33.5 Å². The van der Waals surface area contributed by atoms with Gasteiger partial charge >= 0.3 is 5.97 Å². The summed E-state index contributed by atoms with van der Waals surface area (Å²) in [6.07, 6.45) is 2.82. The van der Waals surface area contributed by atoms with Crippen molar-refractivity contribution >= 4 is 49.6 Å². The number of fused-ring (bicyclic) bond motifs is 1. The Balaban J connectivity index is 1.59. The Morgan fingerprint density at radius 3 is 2.81 bits per heavy atom. The van der Waals surface area contributed by atoms with E-state index in [1.807, 2.05) is 0 Å². The topological polar surface area (TPSA) is 96.0 Å². The van der Waals surface area contributed by atoms with Gasteiger partial charge in [-0.05, 0) is 49.2 Å². The zero-order valence-corrected chi connectivity index (χ0v) is 20.6. The summed E-state index contributed by atoms with van der Waals surface area (Å²) < 4.78 is 32.6. The number of hydrogen-bond acceptors (Lipinski definition) is 8. The molecule has 1 saturated heterocycles. The lowest BCUT2D eigenvalue weighted by atomic mass is 10.0. The first-order valence-electron chi connectivity index (χ1n) is 10.7. The van der Waals surface area contributed by atoms with Crippen molar-refractivity contribution in [2.45, 2.75) is 49.4 Å². The van der Waals surface area contributed by atoms with E-state index in [2.05, 4.69) is 17.1 Å². The maximum atomic E-state index is 13.2. The number of carbonyl (C=O) groups is 2. The second-order valence-corrected chi connectivity index (χ2v) is 12.1. The molecule has 1 N–H and O–H groups in total. The first kappa shape index (κ1) is 23.4. The van der Waals surface area contributed by atoms with Crippen LogP contribution in [0.5, 0.6) is 0 Å². The van der Waals surface area contributed by atoms with E-state index in [9.17, 15) is 18.0 Å². The third-order valence-corrected chi connectivity index (χ3v) is 10.3. The Labute approximate surface area is 196 Å². The molecule has 0 bridgehead atoms. The smallest absolute Gasteiger partial charge is 0.341 e. The highest BCUT2D eigenvalue weighted by Gasteiger charge is 2.40. The van der Waals surface area contributed by atoms with Gasteiger partial charge in [-0.15, -0.1) is 22.7 Å². The van der Waals surface area contributed by atoms with Crippen LogP contribution >= 0.6 is 22.7 Å². The maximum Gasteiger partial charge on any atom is 0.341 e. The van der Waals surface area contributed by atoms with Crippen LogP contribution in [0.25, 0.3) is 0 Å². The average Bonchev–Trinajstić information content (AvgIpc) is 3.52. The summed E-state index contributed by atoms with van der Waals surface area (Å²) in [6.45, 7) is 4.99. The number of esters is 1. The third-order valence-electron chi connectivity index (χ3n) is 5.87. The van der Waals surface area contributed by atoms with Crippen molar-refractivity contribution < 1.29 is 22.7 Å². The predicted octanol–water partition coefficient (Wildman–Crippen LogP) is 3.16. The lowest BCUT2D eigenvalue weighted by Gasteiger charge is -2.26. The van der Waals surface area contributed by atoms with E-state index in [0.29, 0.717) is 36.4 Å². The molecule has 11 heteroatoms. The lowest BCUT2D eigenvalue weighted by molar-refractivity contribution is -0.119. The Hall–Kier alpha value is -1.79. The summed E-state index contributed by atoms with van der Waals surface area (Å²) in [5.74, 6) is -0.881. The minimum Gasteiger partial charge on any atom is -0.465 e. The molecule has 2 aromatic rings. The number of carbonyl (C=O) groups excluding carboxylic acids is 2. The van der Waals surface area contributed by atoms with Crippen LogP contribution < -0.4 is 5.32 Å². The number of amides is 1. The minimum absolute atomic E-state index is 0.232. The SMILES string of the molecule is CCCN1CCc2c(sc(NC(=O)C3CCCN3S(=O)(=O)c3cccs3)c2C(=O)OC)C1. The maximum absolute atomic E-state index is 13.2. The van der Waals surface area contributed by atoms with Gasteiger partial charge < -0.3 is 10.1 Å². The van der Waals surface area contributed by atoms with Crippen LogP contribution in [0.2, 0.25) is 0 Å². The van der Waals surface area contributed by atoms with E-state index in [0.717, 1.165) is 47.8 Å². The highest BCUT2D eigenvalue weighted by atomic mass is 32.2. The van der Waals surface area contributed by atoms with Gasteiger partial charge in [0.1, 0.15) is 15.3 Å². The van der Waals surface area contributed by atoms with E-state index in [4.69, 9.17) is 4.74 Å². The van der Waals surface area contributed by atoms with Crippen LogP contribution in [0.15, 0.2) is 21.7 Å². The molecule has 4 heterocycles. The zero-order valence-electron chi connectivity index (χ0n) is 18.1. The fourth-order valence-electron chi connectivity index (χ4n) is 4.38. The van der Waals surface area contributed by atoms with Gasteiger partial charge in [0.05, 0.1) is 12.7 Å². The number of sulfonamides is 1. The van der Waals surface area contributed by atoms with Gasteiger partial charge in [-0.1, -0.05) is 13.0 Å². The van der Waals surface area contributed by atoms with Gasteiger partial charge in [0.2, 0.25) is 5.91 Å². The Bertz CT molecular complexity index is 1090. The molecule has 0 aromatic carbocycles. The summed E-state index contributed by atoms with van der Waals surface area (Å²) >= 11 is 2.53. The molecule has 174 valence electrons. The molecular formula is C21H27N3O5S3. The van der Waals surface area contributed by atoms with Gasteiger partial charge in [-0.3, -0.25) is 9.69 Å². The van der Waals surface area contributed by atoms with Crippen molar-refractivity contribution in [2.75, 3.05) is 32.1 Å². The number of anilines is 1. The predicted molar refractivity (Wildman–Crippen MR) is 125 cm³/mol. The van der Waals surface area contributed by atoms with E-state index in [1.54, 1.807) is 17.5 Å². The quantitative estimate of drug-likeness (QED) is 0.591. The number of nitrogens with one attached hydrogen (secondary N) is 1. The molecule has 0 saturated carbocycles. The molecule has 8 nitrogen and oxygen atoms in total. The van der Waals surface area contributed by atoms with Crippen LogP contribution in [-0.4, -0.2) is 62.3 Å². The summed E-state index contributed by atoms with van der Waals surface area (Å²) in [7, 11) is -2.40. The lowest BCUT2D eigenvalue weighted by Crippen LogP contribution is -2.42. The van der Waals surface area contributed by atoms with Crippen LogP contribution in [0.3, 0.4) is 0 Å². The number of hydrogen-bond donors (Lipinski definition) is 1. The first-order valence-corrected chi connectivity index (χ1v) is 13.8. The fourth-order valence-corrected chi connectivity index (χ4v) is 8.44. The molecule has 0 radical (unpaired) electrons. The molecule has 0 aliphatic carbocycles. The Morgan fingerprint density at radius 1 is 1.31 bits per heavy atom. The molecule has 2 aliphatic rings. The van der Waals surface area contributed by atoms with E-state index in [-0.39, 0.29) is 4.21 Å². The van der Waals surface area contributed by atoms with Gasteiger partial charge in [0.15, 0.2) is 0 Å². The molecule has 1 amide bonds. The molecule has 2 aromatic heterocycles. The van der Waals surface area contributed by atoms with Crippen molar-refractivity contribution in [3.8, 4) is 0 Å². The molecular weight excluding hydrogens is 470 g/mol. The van der Waals surface area contributed by atoms with Gasteiger partial charge in [-0.2, -0.15) is 4.31 Å². The highest BCUT2D eigenvalue weighted by molar-refractivity contribution is 7.91. The second-order valence-electron chi connectivity index (χ2n) is 7.92. The van der Waals surface area contributed by atoms with Crippen molar-refractivity contribution in [2.24, 2.45) is 0 Å². The summed E-state index contributed by atoms with van der Waals surface area (Å²) in [5, 5.41) is 5.03.